The summed E-state index contributed by atoms with van der Waals surface area (Å²) in [4.78, 5) is 4.17. The van der Waals surface area contributed by atoms with E-state index in [9.17, 15) is 9.13 Å². The topological polar surface area (TPSA) is 84.0 Å². The van der Waals surface area contributed by atoms with Crippen LogP contribution in [0.2, 0.25) is 0 Å². The van der Waals surface area contributed by atoms with Crippen LogP contribution in [0.3, 0.4) is 0 Å². The highest BCUT2D eigenvalue weighted by Crippen LogP contribution is 2.48. The van der Waals surface area contributed by atoms with Gasteiger partial charge in [-0.3, -0.25) is 9.13 Å². The van der Waals surface area contributed by atoms with Crippen LogP contribution >= 0.6 is 15.2 Å². The maximum atomic E-state index is 12.7. The Kier molecular flexibility index (Phi) is 7.90. The van der Waals surface area contributed by atoms with Crippen LogP contribution < -0.4 is 10.9 Å². The first-order chi connectivity index (χ1) is 10.5. The summed E-state index contributed by atoms with van der Waals surface area (Å²) in [6.07, 6.45) is 0. The first kappa shape index (κ1) is 19.5. The second-order valence-electron chi connectivity index (χ2n) is 4.02. The minimum atomic E-state index is -3.55. The van der Waals surface area contributed by atoms with E-state index in [1.165, 1.54) is 12.1 Å². The van der Waals surface area contributed by atoms with E-state index in [0.29, 0.717) is 0 Å². The van der Waals surface area contributed by atoms with Crippen molar-refractivity contribution >= 4 is 26.1 Å². The predicted octanol–water partition coefficient (Wildman–Crippen LogP) is 2.86. The molecule has 9 heteroatoms. The van der Waals surface area contributed by atoms with Crippen LogP contribution in [0.15, 0.2) is 18.2 Å². The molecule has 1 aromatic heterocycles. The van der Waals surface area contributed by atoms with E-state index in [4.69, 9.17) is 18.1 Å². The number of hydrogen-bond donors (Lipinski definition) is 0. The first-order valence-electron chi connectivity index (χ1n) is 7.22. The van der Waals surface area contributed by atoms with E-state index in [0.717, 1.165) is 0 Å². The van der Waals surface area contributed by atoms with Gasteiger partial charge >= 0.3 is 15.2 Å². The highest BCUT2D eigenvalue weighted by atomic mass is 31.2. The molecule has 0 saturated heterocycles. The molecule has 0 saturated carbocycles. The van der Waals surface area contributed by atoms with Gasteiger partial charge < -0.3 is 18.1 Å². The van der Waals surface area contributed by atoms with Crippen molar-refractivity contribution in [2.75, 3.05) is 26.4 Å². The fourth-order valence-electron chi connectivity index (χ4n) is 1.74. The lowest BCUT2D eigenvalue weighted by Crippen LogP contribution is -2.24. The second-order valence-corrected chi connectivity index (χ2v) is 7.96. The summed E-state index contributed by atoms with van der Waals surface area (Å²) in [5, 5.41) is 0. The number of pyridine rings is 1. The minimum absolute atomic E-state index is 0.0910. The van der Waals surface area contributed by atoms with Gasteiger partial charge in [0.25, 0.3) is 0 Å². The van der Waals surface area contributed by atoms with Crippen molar-refractivity contribution in [1.82, 2.24) is 4.98 Å². The molecule has 0 N–H and O–H groups in total. The van der Waals surface area contributed by atoms with Crippen LogP contribution in [-0.4, -0.2) is 31.4 Å². The molecule has 126 valence electrons. The maximum absolute atomic E-state index is 12.7. The molecular weight excluding hydrogens is 328 g/mol. The summed E-state index contributed by atoms with van der Waals surface area (Å²) in [6, 6.07) is 4.60. The van der Waals surface area contributed by atoms with Crippen LogP contribution in [0.5, 0.6) is 0 Å². The normalized spacial score (nSPS) is 12.5. The van der Waals surface area contributed by atoms with Gasteiger partial charge in [-0.2, -0.15) is 0 Å². The SMILES string of the molecule is CCOP(=O)(OCC)c1cccc(P(=O)(OCC)OCC)n1. The highest BCUT2D eigenvalue weighted by molar-refractivity contribution is 7.63. The molecule has 0 amide bonds. The van der Waals surface area contributed by atoms with Gasteiger partial charge in [0.1, 0.15) is 0 Å². The van der Waals surface area contributed by atoms with Crippen molar-refractivity contribution in [1.29, 1.82) is 0 Å². The fraction of sp³-hybridized carbons (Fsp3) is 0.615. The van der Waals surface area contributed by atoms with Gasteiger partial charge in [0, 0.05) is 0 Å². The monoisotopic (exact) mass is 351 g/mol. The molecule has 0 aliphatic carbocycles. The molecule has 0 aliphatic heterocycles. The third-order valence-corrected chi connectivity index (χ3v) is 6.49. The summed E-state index contributed by atoms with van der Waals surface area (Å²) < 4.78 is 46.4. The molecule has 0 fully saturated rings. The van der Waals surface area contributed by atoms with Crippen molar-refractivity contribution in [2.24, 2.45) is 0 Å². The van der Waals surface area contributed by atoms with E-state index >= 15 is 0 Å². The largest absolute Gasteiger partial charge is 0.379 e. The third kappa shape index (κ3) is 4.72. The van der Waals surface area contributed by atoms with Crippen molar-refractivity contribution in [3.63, 3.8) is 0 Å². The van der Waals surface area contributed by atoms with Crippen LogP contribution in [-0.2, 0) is 27.2 Å². The molecule has 0 aliphatic rings. The Morgan fingerprint density at radius 2 is 1.09 bits per heavy atom. The summed E-state index contributed by atoms with van der Waals surface area (Å²) in [5.74, 6) is 0. The zero-order valence-corrected chi connectivity index (χ0v) is 15.1. The summed E-state index contributed by atoms with van der Waals surface area (Å²) in [7, 11) is -7.10. The molecule has 22 heavy (non-hydrogen) atoms. The Balaban J connectivity index is 3.27. The molecule has 1 heterocycles. The number of aromatic nitrogens is 1. The van der Waals surface area contributed by atoms with Crippen molar-refractivity contribution < 1.29 is 27.2 Å². The number of rotatable bonds is 10. The Bertz CT molecular complexity index is 500. The summed E-state index contributed by atoms with van der Waals surface area (Å²) in [5.41, 5.74) is 0.182. The van der Waals surface area contributed by atoms with E-state index in [1.54, 1.807) is 33.8 Å². The van der Waals surface area contributed by atoms with Gasteiger partial charge in [0.15, 0.2) is 10.9 Å². The van der Waals surface area contributed by atoms with Crippen molar-refractivity contribution in [3.05, 3.63) is 18.2 Å². The van der Waals surface area contributed by atoms with Crippen LogP contribution in [0.4, 0.5) is 0 Å². The van der Waals surface area contributed by atoms with Crippen LogP contribution in [0.25, 0.3) is 0 Å². The summed E-state index contributed by atoms with van der Waals surface area (Å²) >= 11 is 0. The molecule has 0 atom stereocenters. The third-order valence-electron chi connectivity index (χ3n) is 2.48. The molecule has 0 radical (unpaired) electrons. The smallest absolute Gasteiger partial charge is 0.304 e. The zero-order chi connectivity index (χ0) is 16.6. The standard InChI is InChI=1S/C13H23NO6P2/c1-5-17-21(15,18-6-2)12-10-9-11-13(14-12)22(16,19-7-3)20-8-4/h9-11H,5-8H2,1-4H3. The number of hydrogen-bond acceptors (Lipinski definition) is 7. The Morgan fingerprint density at radius 3 is 1.36 bits per heavy atom. The lowest BCUT2D eigenvalue weighted by molar-refractivity contribution is 0.228. The lowest BCUT2D eigenvalue weighted by Gasteiger charge is -2.19. The van der Waals surface area contributed by atoms with Gasteiger partial charge in [-0.1, -0.05) is 6.07 Å². The van der Waals surface area contributed by atoms with Gasteiger partial charge in [0.2, 0.25) is 0 Å². The van der Waals surface area contributed by atoms with E-state index in [1.807, 2.05) is 0 Å². The Labute approximate surface area is 131 Å². The second kappa shape index (κ2) is 8.92. The van der Waals surface area contributed by atoms with Crippen LogP contribution in [0.1, 0.15) is 27.7 Å². The van der Waals surface area contributed by atoms with Gasteiger partial charge in [-0.25, -0.2) is 4.98 Å². The molecule has 0 unspecified atom stereocenters. The van der Waals surface area contributed by atoms with Gasteiger partial charge in [-0.05, 0) is 39.8 Å². The molecule has 0 spiro atoms. The lowest BCUT2D eigenvalue weighted by atomic mass is 10.5. The first-order valence-corrected chi connectivity index (χ1v) is 10.3. The Hall–Kier alpha value is -0.550. The fourth-order valence-corrected chi connectivity index (χ4v) is 4.85. The molecule has 0 bridgehead atoms. The molecule has 1 rings (SSSR count). The predicted molar refractivity (Wildman–Crippen MR) is 85.2 cm³/mol. The van der Waals surface area contributed by atoms with E-state index in [-0.39, 0.29) is 37.3 Å². The summed E-state index contributed by atoms with van der Waals surface area (Å²) in [6.45, 7) is 7.66. The molecular formula is C13H23NO6P2. The Morgan fingerprint density at radius 1 is 0.773 bits per heavy atom. The van der Waals surface area contributed by atoms with Gasteiger partial charge in [-0.15, -0.1) is 0 Å². The van der Waals surface area contributed by atoms with Gasteiger partial charge in [0.05, 0.1) is 26.4 Å². The van der Waals surface area contributed by atoms with Crippen LogP contribution in [0, 0.1) is 0 Å². The van der Waals surface area contributed by atoms with Crippen molar-refractivity contribution in [3.8, 4) is 0 Å². The zero-order valence-electron chi connectivity index (χ0n) is 13.4. The minimum Gasteiger partial charge on any atom is -0.304 e. The average molecular weight is 351 g/mol. The molecule has 0 aromatic carbocycles. The quantitative estimate of drug-likeness (QED) is 0.599. The van der Waals surface area contributed by atoms with E-state index < -0.39 is 15.2 Å². The number of nitrogens with zero attached hydrogens (tertiary/aromatic N) is 1. The highest BCUT2D eigenvalue weighted by Gasteiger charge is 2.33. The van der Waals surface area contributed by atoms with E-state index in [2.05, 4.69) is 4.98 Å². The molecule has 7 nitrogen and oxygen atoms in total. The maximum Gasteiger partial charge on any atom is 0.379 e. The average Bonchev–Trinajstić information content (AvgIpc) is 2.48. The van der Waals surface area contributed by atoms with Crippen molar-refractivity contribution in [2.45, 2.75) is 27.7 Å². The molecule has 1 aromatic rings.